The van der Waals surface area contributed by atoms with Crippen LogP contribution in [0, 0.1) is 0 Å². The summed E-state index contributed by atoms with van der Waals surface area (Å²) in [6.07, 6.45) is 1.76. The van der Waals surface area contributed by atoms with Crippen LogP contribution in [0.1, 0.15) is 16.2 Å². The normalized spacial score (nSPS) is 15.5. The van der Waals surface area contributed by atoms with Gasteiger partial charge in [-0.2, -0.15) is 0 Å². The Morgan fingerprint density at radius 2 is 2.00 bits per heavy atom. The van der Waals surface area contributed by atoms with Crippen molar-refractivity contribution in [3.8, 4) is 11.1 Å². The highest BCUT2D eigenvalue weighted by atomic mass is 16.5. The molecule has 2 aromatic heterocycles. The minimum Gasteiger partial charge on any atom is -0.477 e. The summed E-state index contributed by atoms with van der Waals surface area (Å²) in [5, 5.41) is 10.4. The van der Waals surface area contributed by atoms with Gasteiger partial charge in [0.05, 0.1) is 18.9 Å². The van der Waals surface area contributed by atoms with Gasteiger partial charge in [0.15, 0.2) is 0 Å². The highest BCUT2D eigenvalue weighted by molar-refractivity contribution is 6.07. The van der Waals surface area contributed by atoms with E-state index in [0.717, 1.165) is 55.0 Å². The molecule has 0 aliphatic carbocycles. The molecular formula is C19H19N3O3. The number of fused-ring (bicyclic) bond motifs is 1. The summed E-state index contributed by atoms with van der Waals surface area (Å²) in [6.45, 7) is 4.12. The van der Waals surface area contributed by atoms with E-state index in [2.05, 4.69) is 14.9 Å². The molecule has 0 spiro atoms. The van der Waals surface area contributed by atoms with Gasteiger partial charge in [0, 0.05) is 47.9 Å². The summed E-state index contributed by atoms with van der Waals surface area (Å²) >= 11 is 0. The first-order chi connectivity index (χ1) is 12.2. The molecular weight excluding hydrogens is 318 g/mol. The number of nitrogens with one attached hydrogen (secondary N) is 1. The zero-order valence-electron chi connectivity index (χ0n) is 13.7. The molecule has 1 aliphatic heterocycles. The van der Waals surface area contributed by atoms with Crippen molar-refractivity contribution in [3.63, 3.8) is 0 Å². The van der Waals surface area contributed by atoms with Crippen LogP contribution in [0.2, 0.25) is 0 Å². The van der Waals surface area contributed by atoms with E-state index < -0.39 is 5.97 Å². The Morgan fingerprint density at radius 1 is 1.20 bits per heavy atom. The summed E-state index contributed by atoms with van der Waals surface area (Å²) in [5.74, 6) is -0.969. The van der Waals surface area contributed by atoms with Crippen molar-refractivity contribution in [1.29, 1.82) is 0 Å². The number of para-hydroxylation sites is 1. The fraction of sp³-hybridized carbons (Fsp3) is 0.263. The maximum atomic E-state index is 11.6. The van der Waals surface area contributed by atoms with Gasteiger partial charge in [0.2, 0.25) is 0 Å². The van der Waals surface area contributed by atoms with Crippen LogP contribution in [0.25, 0.3) is 22.0 Å². The number of pyridine rings is 1. The molecule has 128 valence electrons. The molecule has 0 atom stereocenters. The quantitative estimate of drug-likeness (QED) is 0.765. The molecule has 0 amide bonds. The second kappa shape index (κ2) is 6.66. The van der Waals surface area contributed by atoms with Crippen molar-refractivity contribution in [1.82, 2.24) is 14.9 Å². The van der Waals surface area contributed by atoms with Crippen molar-refractivity contribution in [2.75, 3.05) is 26.3 Å². The number of carboxylic acid groups (broad SMARTS) is 1. The molecule has 1 aromatic carbocycles. The third-order valence-electron chi connectivity index (χ3n) is 4.52. The monoisotopic (exact) mass is 337 g/mol. The fourth-order valence-electron chi connectivity index (χ4n) is 3.26. The molecule has 3 aromatic rings. The molecule has 4 rings (SSSR count). The Balaban J connectivity index is 1.67. The molecule has 0 saturated carbocycles. The predicted octanol–water partition coefficient (Wildman–Crippen LogP) is 2.76. The van der Waals surface area contributed by atoms with Gasteiger partial charge in [-0.1, -0.05) is 24.3 Å². The average molecular weight is 337 g/mol. The second-order valence-electron chi connectivity index (χ2n) is 6.15. The zero-order valence-corrected chi connectivity index (χ0v) is 13.7. The number of morpholine rings is 1. The number of hydrogen-bond donors (Lipinski definition) is 2. The number of carboxylic acids is 1. The Labute approximate surface area is 145 Å². The van der Waals surface area contributed by atoms with Crippen molar-refractivity contribution in [2.24, 2.45) is 0 Å². The Morgan fingerprint density at radius 3 is 2.72 bits per heavy atom. The number of aromatic carboxylic acids is 1. The van der Waals surface area contributed by atoms with E-state index in [-0.39, 0.29) is 5.69 Å². The number of nitrogens with zero attached hydrogens (tertiary/aromatic N) is 2. The summed E-state index contributed by atoms with van der Waals surface area (Å²) < 4.78 is 5.36. The van der Waals surface area contributed by atoms with Crippen molar-refractivity contribution in [3.05, 3.63) is 54.0 Å². The summed E-state index contributed by atoms with van der Waals surface area (Å²) in [5.41, 5.74) is 3.48. The smallest absolute Gasteiger partial charge is 0.352 e. The lowest BCUT2D eigenvalue weighted by molar-refractivity contribution is 0.0336. The van der Waals surface area contributed by atoms with E-state index in [1.165, 1.54) is 0 Å². The van der Waals surface area contributed by atoms with E-state index >= 15 is 0 Å². The Hall–Kier alpha value is -2.70. The van der Waals surface area contributed by atoms with Gasteiger partial charge >= 0.3 is 5.97 Å². The molecule has 25 heavy (non-hydrogen) atoms. The van der Waals surface area contributed by atoms with Gasteiger partial charge in [-0.15, -0.1) is 0 Å². The molecule has 6 nitrogen and oxygen atoms in total. The van der Waals surface area contributed by atoms with Crippen LogP contribution >= 0.6 is 0 Å². The third-order valence-corrected chi connectivity index (χ3v) is 4.52. The summed E-state index contributed by atoms with van der Waals surface area (Å²) in [6, 6.07) is 11.5. The lowest BCUT2D eigenvalue weighted by Gasteiger charge is -2.26. The first-order valence-electron chi connectivity index (χ1n) is 8.32. The van der Waals surface area contributed by atoms with Gasteiger partial charge < -0.3 is 14.8 Å². The standard InChI is InChI=1S/C19H19N3O3/c23-19(24)18-17(15-3-1-2-4-16(15)21-18)13-5-6-14(20-11-13)12-22-7-9-25-10-8-22/h1-6,11,21H,7-10,12H2,(H,23,24). The first-order valence-corrected chi connectivity index (χ1v) is 8.32. The number of benzene rings is 1. The molecule has 0 bridgehead atoms. The molecule has 0 unspecified atom stereocenters. The van der Waals surface area contributed by atoms with Crippen molar-refractivity contribution >= 4 is 16.9 Å². The topological polar surface area (TPSA) is 78.5 Å². The molecule has 1 fully saturated rings. The average Bonchev–Trinajstić information content (AvgIpc) is 3.03. The minimum atomic E-state index is -0.969. The van der Waals surface area contributed by atoms with E-state index in [0.29, 0.717) is 5.56 Å². The highest BCUT2D eigenvalue weighted by Gasteiger charge is 2.19. The summed E-state index contributed by atoms with van der Waals surface area (Å²) in [4.78, 5) is 21.5. The number of carbonyl (C=O) groups is 1. The van der Waals surface area contributed by atoms with E-state index in [9.17, 15) is 9.90 Å². The van der Waals surface area contributed by atoms with Gasteiger partial charge in [-0.3, -0.25) is 9.88 Å². The molecule has 3 heterocycles. The Bertz CT molecular complexity index is 896. The van der Waals surface area contributed by atoms with Gasteiger partial charge in [-0.25, -0.2) is 4.79 Å². The minimum absolute atomic E-state index is 0.198. The Kier molecular flexibility index (Phi) is 4.21. The fourth-order valence-corrected chi connectivity index (χ4v) is 3.26. The molecule has 1 saturated heterocycles. The lowest BCUT2D eigenvalue weighted by atomic mass is 10.0. The SMILES string of the molecule is O=C(O)c1[nH]c2ccccc2c1-c1ccc(CN2CCOCC2)nc1. The number of aromatic nitrogens is 2. The van der Waals surface area contributed by atoms with Crippen LogP contribution in [-0.2, 0) is 11.3 Å². The van der Waals surface area contributed by atoms with E-state index in [1.807, 2.05) is 36.4 Å². The zero-order chi connectivity index (χ0) is 17.2. The number of rotatable bonds is 4. The van der Waals surface area contributed by atoms with Crippen LogP contribution in [0.4, 0.5) is 0 Å². The molecule has 6 heteroatoms. The van der Waals surface area contributed by atoms with Crippen molar-refractivity contribution in [2.45, 2.75) is 6.54 Å². The van der Waals surface area contributed by atoms with Crippen LogP contribution in [-0.4, -0.2) is 52.2 Å². The van der Waals surface area contributed by atoms with Crippen LogP contribution in [0.15, 0.2) is 42.6 Å². The van der Waals surface area contributed by atoms with Crippen LogP contribution < -0.4 is 0 Å². The maximum Gasteiger partial charge on any atom is 0.352 e. The molecule has 2 N–H and O–H groups in total. The predicted molar refractivity (Wildman–Crippen MR) is 94.6 cm³/mol. The number of aromatic amines is 1. The largest absolute Gasteiger partial charge is 0.477 e. The van der Waals surface area contributed by atoms with Gasteiger partial charge in [0.25, 0.3) is 0 Å². The van der Waals surface area contributed by atoms with Gasteiger partial charge in [0.1, 0.15) is 5.69 Å². The number of H-pyrrole nitrogens is 1. The van der Waals surface area contributed by atoms with Crippen LogP contribution in [0.5, 0.6) is 0 Å². The van der Waals surface area contributed by atoms with Crippen molar-refractivity contribution < 1.29 is 14.6 Å². The first kappa shape index (κ1) is 15.8. The van der Waals surface area contributed by atoms with Crippen LogP contribution in [0.3, 0.4) is 0 Å². The van der Waals surface area contributed by atoms with Gasteiger partial charge in [-0.05, 0) is 12.1 Å². The lowest BCUT2D eigenvalue weighted by Crippen LogP contribution is -2.35. The summed E-state index contributed by atoms with van der Waals surface area (Å²) in [7, 11) is 0. The molecule has 0 radical (unpaired) electrons. The van der Waals surface area contributed by atoms with E-state index in [1.54, 1.807) is 6.20 Å². The maximum absolute atomic E-state index is 11.6. The third kappa shape index (κ3) is 3.14. The number of hydrogen-bond acceptors (Lipinski definition) is 4. The second-order valence-corrected chi connectivity index (χ2v) is 6.15. The highest BCUT2D eigenvalue weighted by Crippen LogP contribution is 2.32. The molecule has 1 aliphatic rings. The van der Waals surface area contributed by atoms with E-state index in [4.69, 9.17) is 4.74 Å². The number of ether oxygens (including phenoxy) is 1.